The summed E-state index contributed by atoms with van der Waals surface area (Å²) in [6, 6.07) is 17.3. The molecule has 0 bridgehead atoms. The molecule has 2 amide bonds. The van der Waals surface area contributed by atoms with Gasteiger partial charge in [-0.05, 0) is 54.6 Å². The Balaban J connectivity index is 1.14. The fourth-order valence-corrected chi connectivity index (χ4v) is 5.77. The third-order valence-corrected chi connectivity index (χ3v) is 8.05. The van der Waals surface area contributed by atoms with E-state index in [0.29, 0.717) is 5.11 Å². The molecule has 0 saturated carbocycles. The van der Waals surface area contributed by atoms with Gasteiger partial charge in [0.25, 0.3) is 0 Å². The Morgan fingerprint density at radius 2 is 1.81 bits per heavy atom. The van der Waals surface area contributed by atoms with E-state index in [1.807, 2.05) is 59.5 Å². The molecule has 3 fully saturated rings. The molecule has 190 valence electrons. The number of likely N-dealkylation sites (tertiary alicyclic amines) is 2. The van der Waals surface area contributed by atoms with E-state index in [-0.39, 0.29) is 30.5 Å². The lowest BCUT2D eigenvalue weighted by Gasteiger charge is -2.40. The van der Waals surface area contributed by atoms with Crippen LogP contribution in [0.1, 0.15) is 30.9 Å². The summed E-state index contributed by atoms with van der Waals surface area (Å²) >= 11 is 5.67. The van der Waals surface area contributed by atoms with Crippen LogP contribution in [-0.4, -0.2) is 78.3 Å². The number of anilines is 1. The van der Waals surface area contributed by atoms with Crippen molar-refractivity contribution >= 4 is 35.0 Å². The second-order valence-corrected chi connectivity index (χ2v) is 10.2. The number of nitrogens with one attached hydrogen (secondary N) is 1. The highest BCUT2D eigenvalue weighted by Crippen LogP contribution is 2.41. The molecule has 8 nitrogen and oxygen atoms in total. The highest BCUT2D eigenvalue weighted by atomic mass is 32.1. The molecule has 1 atom stereocenters. The van der Waals surface area contributed by atoms with Crippen LogP contribution in [0, 0.1) is 5.41 Å². The van der Waals surface area contributed by atoms with Crippen LogP contribution in [0.25, 0.3) is 0 Å². The molecule has 3 saturated heterocycles. The summed E-state index contributed by atoms with van der Waals surface area (Å²) in [5.41, 5.74) is 2.01. The second-order valence-electron chi connectivity index (χ2n) is 9.85. The Bertz CT molecular complexity index is 1120. The van der Waals surface area contributed by atoms with Gasteiger partial charge in [0, 0.05) is 37.9 Å². The highest BCUT2D eigenvalue weighted by molar-refractivity contribution is 7.80. The number of benzene rings is 2. The molecular formula is C27H32N4O4S. The molecular weight excluding hydrogens is 476 g/mol. The van der Waals surface area contributed by atoms with Crippen LogP contribution in [0.4, 0.5) is 10.5 Å². The molecule has 1 N–H and O–H groups in total. The zero-order chi connectivity index (χ0) is 25.1. The van der Waals surface area contributed by atoms with E-state index in [9.17, 15) is 9.59 Å². The van der Waals surface area contributed by atoms with Crippen molar-refractivity contribution in [1.29, 1.82) is 0 Å². The molecule has 2 aromatic carbocycles. The fourth-order valence-electron chi connectivity index (χ4n) is 5.47. The van der Waals surface area contributed by atoms with Crippen molar-refractivity contribution < 1.29 is 19.1 Å². The van der Waals surface area contributed by atoms with Crippen molar-refractivity contribution in [1.82, 2.24) is 14.7 Å². The van der Waals surface area contributed by atoms with Crippen LogP contribution in [0.2, 0.25) is 0 Å². The average molecular weight is 509 g/mol. The molecule has 9 heteroatoms. The van der Waals surface area contributed by atoms with E-state index in [4.69, 9.17) is 21.7 Å². The zero-order valence-electron chi connectivity index (χ0n) is 20.5. The van der Waals surface area contributed by atoms with Crippen LogP contribution >= 0.6 is 12.2 Å². The van der Waals surface area contributed by atoms with Gasteiger partial charge in [-0.1, -0.05) is 36.4 Å². The number of amides is 2. The predicted molar refractivity (Wildman–Crippen MR) is 141 cm³/mol. The normalized spacial score (nSPS) is 21.0. The van der Waals surface area contributed by atoms with E-state index in [2.05, 4.69) is 10.2 Å². The standard InChI is InChI=1S/C27H32N4O4S/c1-34-22-9-5-8-21(16-22)28-25(36)29-13-10-27(11-14-29)12-15-30(19-27)24(32)17-31-23(18-35-26(31)33)20-6-3-2-4-7-20/h2-9,16,23H,10-15,17-19H2,1H3,(H,28,36)/t23-/m1/s1. The lowest BCUT2D eigenvalue weighted by molar-refractivity contribution is -0.131. The lowest BCUT2D eigenvalue weighted by atomic mass is 9.78. The summed E-state index contributed by atoms with van der Waals surface area (Å²) in [6.45, 7) is 3.49. The number of cyclic esters (lactones) is 1. The molecule has 3 aliphatic rings. The Kier molecular flexibility index (Phi) is 7.00. The second kappa shape index (κ2) is 10.3. The minimum atomic E-state index is -0.420. The summed E-state index contributed by atoms with van der Waals surface area (Å²) in [5.74, 6) is 0.776. The van der Waals surface area contributed by atoms with Gasteiger partial charge in [0.15, 0.2) is 5.11 Å². The summed E-state index contributed by atoms with van der Waals surface area (Å²) in [5, 5.41) is 4.03. The summed E-state index contributed by atoms with van der Waals surface area (Å²) in [6.07, 6.45) is 2.52. The summed E-state index contributed by atoms with van der Waals surface area (Å²) in [4.78, 5) is 31.3. The molecule has 36 heavy (non-hydrogen) atoms. The van der Waals surface area contributed by atoms with Gasteiger partial charge in [-0.3, -0.25) is 9.69 Å². The molecule has 1 spiro atoms. The number of nitrogens with zero attached hydrogens (tertiary/aromatic N) is 3. The first-order chi connectivity index (χ1) is 17.5. The molecule has 0 unspecified atom stereocenters. The van der Waals surface area contributed by atoms with Gasteiger partial charge >= 0.3 is 6.09 Å². The van der Waals surface area contributed by atoms with Gasteiger partial charge in [-0.25, -0.2) is 4.79 Å². The minimum absolute atomic E-state index is 0.00991. The van der Waals surface area contributed by atoms with Gasteiger partial charge in [0.2, 0.25) is 5.91 Å². The molecule has 5 rings (SSSR count). The Morgan fingerprint density at radius 1 is 1.08 bits per heavy atom. The number of hydrogen-bond donors (Lipinski definition) is 1. The molecule has 3 heterocycles. The molecule has 0 aliphatic carbocycles. The number of rotatable bonds is 5. The van der Waals surface area contributed by atoms with E-state index < -0.39 is 6.09 Å². The molecule has 0 radical (unpaired) electrons. The van der Waals surface area contributed by atoms with Gasteiger partial charge in [0.05, 0.1) is 13.2 Å². The lowest BCUT2D eigenvalue weighted by Crippen LogP contribution is -2.47. The van der Waals surface area contributed by atoms with Crippen LogP contribution in [0.15, 0.2) is 54.6 Å². The first-order valence-electron chi connectivity index (χ1n) is 12.4. The largest absolute Gasteiger partial charge is 0.497 e. The maximum Gasteiger partial charge on any atom is 0.410 e. The third-order valence-electron chi connectivity index (χ3n) is 7.69. The number of carbonyl (C=O) groups is 2. The topological polar surface area (TPSA) is 74.4 Å². The number of thiocarbonyl (C=S) groups is 1. The zero-order valence-corrected chi connectivity index (χ0v) is 21.3. The van der Waals surface area contributed by atoms with Crippen molar-refractivity contribution in [2.75, 3.05) is 51.8 Å². The van der Waals surface area contributed by atoms with Crippen LogP contribution < -0.4 is 10.1 Å². The molecule has 3 aliphatic heterocycles. The van der Waals surface area contributed by atoms with Crippen molar-refractivity contribution in [2.24, 2.45) is 5.41 Å². The number of methoxy groups -OCH3 is 1. The Morgan fingerprint density at radius 3 is 2.53 bits per heavy atom. The Labute approximate surface area is 217 Å². The maximum absolute atomic E-state index is 13.2. The van der Waals surface area contributed by atoms with Crippen LogP contribution in [-0.2, 0) is 9.53 Å². The summed E-state index contributed by atoms with van der Waals surface area (Å²) in [7, 11) is 1.65. The van der Waals surface area contributed by atoms with Crippen molar-refractivity contribution in [3.8, 4) is 5.75 Å². The average Bonchev–Trinajstić information content (AvgIpc) is 3.48. The predicted octanol–water partition coefficient (Wildman–Crippen LogP) is 3.90. The number of piperidine rings is 1. The van der Waals surface area contributed by atoms with E-state index in [0.717, 1.165) is 62.4 Å². The molecule has 0 aromatic heterocycles. The number of hydrogen-bond acceptors (Lipinski definition) is 5. The fraction of sp³-hybridized carbons (Fsp3) is 0.444. The quantitative estimate of drug-likeness (QED) is 0.614. The first-order valence-corrected chi connectivity index (χ1v) is 12.8. The van der Waals surface area contributed by atoms with Crippen LogP contribution in [0.3, 0.4) is 0 Å². The van der Waals surface area contributed by atoms with Crippen molar-refractivity contribution in [3.05, 3.63) is 60.2 Å². The van der Waals surface area contributed by atoms with Gasteiger partial charge in [-0.15, -0.1) is 0 Å². The Hall–Kier alpha value is -3.33. The first kappa shape index (κ1) is 24.4. The SMILES string of the molecule is COc1cccc(NC(=S)N2CCC3(CCN(C(=O)CN4C(=O)OC[C@@H]4c4ccccc4)C3)CC2)c1. The maximum atomic E-state index is 13.2. The van der Waals surface area contributed by atoms with Crippen LogP contribution in [0.5, 0.6) is 5.75 Å². The molecule has 2 aromatic rings. The third kappa shape index (κ3) is 5.11. The summed E-state index contributed by atoms with van der Waals surface area (Å²) < 4.78 is 10.6. The van der Waals surface area contributed by atoms with E-state index in [1.165, 1.54) is 0 Å². The van der Waals surface area contributed by atoms with Gasteiger partial charge in [0.1, 0.15) is 18.9 Å². The monoisotopic (exact) mass is 508 g/mol. The van der Waals surface area contributed by atoms with Crippen molar-refractivity contribution in [2.45, 2.75) is 25.3 Å². The van der Waals surface area contributed by atoms with Gasteiger partial charge in [-0.2, -0.15) is 0 Å². The highest BCUT2D eigenvalue weighted by Gasteiger charge is 2.44. The van der Waals surface area contributed by atoms with Crippen molar-refractivity contribution in [3.63, 3.8) is 0 Å². The van der Waals surface area contributed by atoms with Gasteiger partial charge < -0.3 is 24.6 Å². The number of carbonyl (C=O) groups excluding carboxylic acids is 2. The minimum Gasteiger partial charge on any atom is -0.497 e. The van der Waals surface area contributed by atoms with E-state index >= 15 is 0 Å². The smallest absolute Gasteiger partial charge is 0.410 e. The van der Waals surface area contributed by atoms with E-state index in [1.54, 1.807) is 12.0 Å². The number of ether oxygens (including phenoxy) is 2.